The van der Waals surface area contributed by atoms with Crippen LogP contribution in [0.5, 0.6) is 5.75 Å². The Kier molecular flexibility index (Phi) is 5.13. The first kappa shape index (κ1) is 19.1. The molecule has 1 amide bonds. The molecule has 4 aromatic rings. The Morgan fingerprint density at radius 3 is 2.73 bits per heavy atom. The molecule has 152 valence electrons. The lowest BCUT2D eigenvalue weighted by atomic mass is 10.2. The van der Waals surface area contributed by atoms with Crippen LogP contribution in [-0.2, 0) is 0 Å². The highest BCUT2D eigenvalue weighted by atomic mass is 32.1. The second kappa shape index (κ2) is 8.05. The normalized spacial score (nSPS) is 10.6. The summed E-state index contributed by atoms with van der Waals surface area (Å²) < 4.78 is 11.6. The Labute approximate surface area is 173 Å². The van der Waals surface area contributed by atoms with Crippen LogP contribution in [0, 0.1) is 0 Å². The van der Waals surface area contributed by atoms with Crippen molar-refractivity contribution in [2.45, 2.75) is 0 Å². The van der Waals surface area contributed by atoms with E-state index in [9.17, 15) is 9.59 Å². The van der Waals surface area contributed by atoms with Crippen molar-refractivity contribution >= 4 is 39.6 Å². The molecule has 1 aromatic carbocycles. The number of nitrogens with zero attached hydrogens (tertiary/aromatic N) is 4. The lowest BCUT2D eigenvalue weighted by Gasteiger charge is -2.11. The van der Waals surface area contributed by atoms with Gasteiger partial charge < -0.3 is 20.2 Å². The fourth-order valence-corrected chi connectivity index (χ4v) is 3.26. The van der Waals surface area contributed by atoms with Crippen LogP contribution in [0.25, 0.3) is 5.13 Å². The first-order chi connectivity index (χ1) is 14.5. The van der Waals surface area contributed by atoms with E-state index in [2.05, 4.69) is 25.9 Å². The monoisotopic (exact) mass is 425 g/mol. The number of carbonyl (C=O) groups is 1. The lowest BCUT2D eigenvalue weighted by molar-refractivity contribution is 0.0991. The number of carbonyl (C=O) groups excluding carboxylic acids is 1. The summed E-state index contributed by atoms with van der Waals surface area (Å²) in [5.74, 6) is -0.582. The van der Waals surface area contributed by atoms with Crippen LogP contribution >= 0.6 is 11.3 Å². The number of methoxy groups -OCH3 is 1. The van der Waals surface area contributed by atoms with Crippen LogP contribution in [0.1, 0.15) is 10.6 Å². The van der Waals surface area contributed by atoms with Crippen molar-refractivity contribution in [2.75, 3.05) is 23.5 Å². The third-order valence-corrected chi connectivity index (χ3v) is 4.69. The Balaban J connectivity index is 1.59. The van der Waals surface area contributed by atoms with E-state index in [1.54, 1.807) is 18.2 Å². The van der Waals surface area contributed by atoms with Crippen molar-refractivity contribution in [3.63, 3.8) is 0 Å². The van der Waals surface area contributed by atoms with Crippen LogP contribution in [0.2, 0.25) is 0 Å². The summed E-state index contributed by atoms with van der Waals surface area (Å²) >= 11 is 1.05. The Bertz CT molecular complexity index is 1250. The van der Waals surface area contributed by atoms with Crippen molar-refractivity contribution in [1.29, 1.82) is 0 Å². The van der Waals surface area contributed by atoms with E-state index in [-0.39, 0.29) is 22.3 Å². The molecule has 0 aliphatic rings. The molecule has 0 radical (unpaired) electrons. The summed E-state index contributed by atoms with van der Waals surface area (Å²) in [5, 5.41) is 18.0. The molecule has 0 spiro atoms. The number of nitrogens with one attached hydrogen (secondary N) is 2. The van der Waals surface area contributed by atoms with Gasteiger partial charge in [0.25, 0.3) is 5.91 Å². The number of nitrogens with two attached hydrogens (primary N) is 1. The van der Waals surface area contributed by atoms with Crippen LogP contribution in [0.3, 0.4) is 0 Å². The van der Waals surface area contributed by atoms with Gasteiger partial charge in [-0.2, -0.15) is 9.78 Å². The van der Waals surface area contributed by atoms with E-state index in [1.165, 1.54) is 24.1 Å². The molecule has 0 bridgehead atoms. The van der Waals surface area contributed by atoms with Gasteiger partial charge in [0.05, 0.1) is 19.0 Å². The predicted molar refractivity (Wildman–Crippen MR) is 111 cm³/mol. The molecular formula is C18H15N7O4S. The quantitative estimate of drug-likeness (QED) is 0.422. The number of rotatable bonds is 6. The summed E-state index contributed by atoms with van der Waals surface area (Å²) in [6.45, 7) is 0. The maximum Gasteiger partial charge on any atom is 0.381 e. The highest BCUT2D eigenvalue weighted by Gasteiger charge is 2.19. The minimum absolute atomic E-state index is 0.0530. The van der Waals surface area contributed by atoms with Crippen molar-refractivity contribution in [1.82, 2.24) is 20.0 Å². The maximum absolute atomic E-state index is 12.6. The zero-order valence-corrected chi connectivity index (χ0v) is 16.3. The van der Waals surface area contributed by atoms with Gasteiger partial charge in [0, 0.05) is 17.8 Å². The van der Waals surface area contributed by atoms with Gasteiger partial charge in [-0.3, -0.25) is 10.1 Å². The number of hydrogen-bond acceptors (Lipinski definition) is 10. The SMILES string of the molecule is COc1c(Nc2ccccc2)cc(C(=O)Nc2nnc(-n3nccc3N)s2)oc1=O. The molecule has 0 saturated carbocycles. The van der Waals surface area contributed by atoms with Crippen molar-refractivity contribution in [2.24, 2.45) is 0 Å². The molecule has 4 N–H and O–H groups in total. The minimum atomic E-state index is -0.800. The highest BCUT2D eigenvalue weighted by molar-refractivity contribution is 7.17. The van der Waals surface area contributed by atoms with Crippen molar-refractivity contribution < 1.29 is 13.9 Å². The molecule has 0 unspecified atom stereocenters. The molecule has 0 aliphatic carbocycles. The third kappa shape index (κ3) is 3.84. The van der Waals surface area contributed by atoms with Crippen molar-refractivity contribution in [3.8, 4) is 10.9 Å². The first-order valence-corrected chi connectivity index (χ1v) is 9.35. The van der Waals surface area contributed by atoms with Gasteiger partial charge in [0.1, 0.15) is 5.82 Å². The Hall–Kier alpha value is -4.19. The van der Waals surface area contributed by atoms with Gasteiger partial charge in [-0.1, -0.05) is 29.5 Å². The molecule has 0 fully saturated rings. The summed E-state index contributed by atoms with van der Waals surface area (Å²) in [6.07, 6.45) is 1.52. The Morgan fingerprint density at radius 2 is 2.03 bits per heavy atom. The molecule has 4 rings (SSSR count). The summed E-state index contributed by atoms with van der Waals surface area (Å²) in [7, 11) is 1.34. The lowest BCUT2D eigenvalue weighted by Crippen LogP contribution is -2.16. The second-order valence-electron chi connectivity index (χ2n) is 5.85. The first-order valence-electron chi connectivity index (χ1n) is 8.54. The van der Waals surface area contributed by atoms with Gasteiger partial charge >= 0.3 is 5.63 Å². The van der Waals surface area contributed by atoms with E-state index in [0.717, 1.165) is 11.3 Å². The zero-order chi connectivity index (χ0) is 21.1. The van der Waals surface area contributed by atoms with Crippen LogP contribution < -0.4 is 26.7 Å². The summed E-state index contributed by atoms with van der Waals surface area (Å²) in [6, 6.07) is 12.1. The Morgan fingerprint density at radius 1 is 1.23 bits per heavy atom. The third-order valence-electron chi connectivity index (χ3n) is 3.88. The fourth-order valence-electron chi connectivity index (χ4n) is 2.54. The van der Waals surface area contributed by atoms with Gasteiger partial charge in [-0.15, -0.1) is 10.2 Å². The van der Waals surface area contributed by atoms with E-state index in [1.807, 2.05) is 18.2 Å². The number of ether oxygens (including phenoxy) is 1. The van der Waals surface area contributed by atoms with E-state index < -0.39 is 11.5 Å². The maximum atomic E-state index is 12.6. The molecule has 3 aromatic heterocycles. The van der Waals surface area contributed by atoms with Gasteiger partial charge in [-0.25, -0.2) is 4.79 Å². The van der Waals surface area contributed by atoms with Crippen LogP contribution in [-0.4, -0.2) is 33.0 Å². The topological polar surface area (TPSA) is 150 Å². The smallest absolute Gasteiger partial charge is 0.381 e. The molecule has 12 heteroatoms. The largest absolute Gasteiger partial charge is 0.488 e. The fraction of sp³-hybridized carbons (Fsp3) is 0.0556. The molecule has 3 heterocycles. The number of amides is 1. The molecular weight excluding hydrogens is 410 g/mol. The zero-order valence-electron chi connectivity index (χ0n) is 15.5. The second-order valence-corrected chi connectivity index (χ2v) is 6.80. The molecule has 0 atom stereocenters. The average molecular weight is 425 g/mol. The van der Waals surface area contributed by atoms with Gasteiger partial charge in [0.15, 0.2) is 5.76 Å². The minimum Gasteiger partial charge on any atom is -0.488 e. The van der Waals surface area contributed by atoms with Crippen molar-refractivity contribution in [3.05, 3.63) is 64.8 Å². The standard InChI is InChI=1S/C18H15N7O4S/c1-28-14-11(21-10-5-3-2-4-6-10)9-12(29-16(14)27)15(26)22-17-23-24-18(30-17)25-13(19)7-8-20-25/h2-9,21H,19H2,1H3,(H,22,23,26). The molecule has 30 heavy (non-hydrogen) atoms. The molecule has 11 nitrogen and oxygen atoms in total. The number of para-hydroxylation sites is 1. The highest BCUT2D eigenvalue weighted by Crippen LogP contribution is 2.26. The van der Waals surface area contributed by atoms with Gasteiger partial charge in [0.2, 0.25) is 16.0 Å². The number of aromatic nitrogens is 4. The number of benzene rings is 1. The number of anilines is 4. The van der Waals surface area contributed by atoms with E-state index >= 15 is 0 Å². The average Bonchev–Trinajstić information content (AvgIpc) is 3.37. The predicted octanol–water partition coefficient (Wildman–Crippen LogP) is 2.26. The number of hydrogen-bond donors (Lipinski definition) is 3. The summed E-state index contributed by atoms with van der Waals surface area (Å²) in [5.41, 5.74) is 5.97. The van der Waals surface area contributed by atoms with Gasteiger partial charge in [-0.05, 0) is 12.1 Å². The molecule has 0 aliphatic heterocycles. The van der Waals surface area contributed by atoms with Crippen LogP contribution in [0.4, 0.5) is 22.3 Å². The van der Waals surface area contributed by atoms with Crippen LogP contribution in [0.15, 0.2) is 57.9 Å². The summed E-state index contributed by atoms with van der Waals surface area (Å²) in [4.78, 5) is 24.9. The van der Waals surface area contributed by atoms with E-state index in [0.29, 0.717) is 16.6 Å². The molecule has 0 saturated heterocycles. The number of nitrogen functional groups attached to an aromatic ring is 1. The van der Waals surface area contributed by atoms with E-state index in [4.69, 9.17) is 14.9 Å².